The van der Waals surface area contributed by atoms with Gasteiger partial charge < -0.3 is 4.74 Å². The molecule has 2 aromatic rings. The third-order valence-electron chi connectivity index (χ3n) is 2.15. The molecule has 0 radical (unpaired) electrons. The molecule has 1 heterocycles. The SMILES string of the molecule is C=Cc1cc(Cl)c2ncc(OC)nc2c1F. The van der Waals surface area contributed by atoms with Gasteiger partial charge in [-0.25, -0.2) is 14.4 Å². The van der Waals surface area contributed by atoms with Crippen molar-refractivity contribution in [3.05, 3.63) is 35.2 Å². The lowest BCUT2D eigenvalue weighted by Gasteiger charge is -2.05. The quantitative estimate of drug-likeness (QED) is 0.807. The van der Waals surface area contributed by atoms with Crippen LogP contribution in [0.2, 0.25) is 5.02 Å². The Morgan fingerprint density at radius 3 is 2.88 bits per heavy atom. The van der Waals surface area contributed by atoms with E-state index in [2.05, 4.69) is 16.5 Å². The molecule has 82 valence electrons. The molecular weight excluding hydrogens is 231 g/mol. The summed E-state index contributed by atoms with van der Waals surface area (Å²) in [4.78, 5) is 7.96. The molecule has 0 unspecified atom stereocenters. The Balaban J connectivity index is 2.85. The van der Waals surface area contributed by atoms with Gasteiger partial charge in [0.05, 0.1) is 18.3 Å². The number of aromatic nitrogens is 2. The van der Waals surface area contributed by atoms with Crippen LogP contribution >= 0.6 is 11.6 Å². The van der Waals surface area contributed by atoms with Crippen LogP contribution in [-0.2, 0) is 0 Å². The van der Waals surface area contributed by atoms with Crippen LogP contribution in [0.5, 0.6) is 5.88 Å². The fourth-order valence-corrected chi connectivity index (χ4v) is 1.61. The fraction of sp³-hybridized carbons (Fsp3) is 0.0909. The van der Waals surface area contributed by atoms with Crippen LogP contribution in [0.15, 0.2) is 18.8 Å². The largest absolute Gasteiger partial charge is 0.480 e. The minimum atomic E-state index is -0.499. The molecular formula is C11H8ClFN2O. The zero-order valence-corrected chi connectivity index (χ0v) is 9.25. The lowest BCUT2D eigenvalue weighted by molar-refractivity contribution is 0.397. The number of fused-ring (bicyclic) bond motifs is 1. The van der Waals surface area contributed by atoms with Crippen LogP contribution in [0.3, 0.4) is 0 Å². The molecule has 1 aromatic carbocycles. The molecule has 2 rings (SSSR count). The van der Waals surface area contributed by atoms with Gasteiger partial charge >= 0.3 is 0 Å². The molecule has 0 aliphatic carbocycles. The molecule has 0 saturated carbocycles. The minimum Gasteiger partial charge on any atom is -0.480 e. The fourth-order valence-electron chi connectivity index (χ4n) is 1.35. The van der Waals surface area contributed by atoms with Gasteiger partial charge in [-0.1, -0.05) is 24.3 Å². The van der Waals surface area contributed by atoms with Crippen molar-refractivity contribution in [2.75, 3.05) is 7.11 Å². The number of ether oxygens (including phenoxy) is 1. The summed E-state index contributed by atoms with van der Waals surface area (Å²) in [7, 11) is 1.44. The van der Waals surface area contributed by atoms with E-state index in [1.807, 2.05) is 0 Å². The van der Waals surface area contributed by atoms with Gasteiger partial charge in [0, 0.05) is 5.56 Å². The molecule has 0 aliphatic rings. The number of nitrogens with zero attached hydrogens (tertiary/aromatic N) is 2. The highest BCUT2D eigenvalue weighted by molar-refractivity contribution is 6.35. The zero-order chi connectivity index (χ0) is 11.7. The monoisotopic (exact) mass is 238 g/mol. The average Bonchev–Trinajstić information content (AvgIpc) is 2.33. The first-order valence-electron chi connectivity index (χ1n) is 4.48. The molecule has 0 spiro atoms. The predicted octanol–water partition coefficient (Wildman–Crippen LogP) is 3.07. The summed E-state index contributed by atoms with van der Waals surface area (Å²) < 4.78 is 18.8. The molecule has 16 heavy (non-hydrogen) atoms. The van der Waals surface area contributed by atoms with Gasteiger partial charge in [0.2, 0.25) is 5.88 Å². The maximum atomic E-state index is 13.9. The smallest absolute Gasteiger partial charge is 0.232 e. The molecule has 1 aromatic heterocycles. The lowest BCUT2D eigenvalue weighted by atomic mass is 10.1. The van der Waals surface area contributed by atoms with Crippen LogP contribution < -0.4 is 4.74 Å². The third-order valence-corrected chi connectivity index (χ3v) is 2.44. The first-order valence-corrected chi connectivity index (χ1v) is 4.86. The van der Waals surface area contributed by atoms with Crippen molar-refractivity contribution in [1.82, 2.24) is 9.97 Å². The summed E-state index contributed by atoms with van der Waals surface area (Å²) >= 11 is 5.95. The Hall–Kier alpha value is -1.68. The lowest BCUT2D eigenvalue weighted by Crippen LogP contribution is -1.95. The predicted molar refractivity (Wildman–Crippen MR) is 61.1 cm³/mol. The number of halogens is 2. The Labute approximate surface area is 96.5 Å². The van der Waals surface area contributed by atoms with E-state index in [0.29, 0.717) is 16.1 Å². The molecule has 0 bridgehead atoms. The van der Waals surface area contributed by atoms with Crippen LogP contribution in [0, 0.1) is 5.82 Å². The number of hydrogen-bond acceptors (Lipinski definition) is 3. The van der Waals surface area contributed by atoms with Crippen molar-refractivity contribution >= 4 is 28.7 Å². The van der Waals surface area contributed by atoms with Crippen LogP contribution in [0.4, 0.5) is 4.39 Å². The molecule has 5 heteroatoms. The standard InChI is InChI=1S/C11H8ClFN2O/c1-3-6-4-7(12)10-11(9(6)13)15-8(16-2)5-14-10/h3-5H,1H2,2H3. The average molecular weight is 239 g/mol. The maximum Gasteiger partial charge on any atom is 0.232 e. The third kappa shape index (κ3) is 1.61. The van der Waals surface area contributed by atoms with E-state index in [-0.39, 0.29) is 11.4 Å². The Kier molecular flexibility index (Phi) is 2.75. The van der Waals surface area contributed by atoms with Gasteiger partial charge in [0.25, 0.3) is 0 Å². The van der Waals surface area contributed by atoms with Crippen LogP contribution in [0.25, 0.3) is 17.1 Å². The van der Waals surface area contributed by atoms with Gasteiger partial charge in [-0.15, -0.1) is 0 Å². The summed E-state index contributed by atoms with van der Waals surface area (Å²) in [5, 5.41) is 0.335. The van der Waals surface area contributed by atoms with E-state index in [1.165, 1.54) is 25.4 Å². The van der Waals surface area contributed by atoms with E-state index in [9.17, 15) is 4.39 Å². The Morgan fingerprint density at radius 1 is 1.50 bits per heavy atom. The first-order chi connectivity index (χ1) is 7.67. The zero-order valence-electron chi connectivity index (χ0n) is 8.50. The van der Waals surface area contributed by atoms with E-state index in [1.54, 1.807) is 0 Å². The summed E-state index contributed by atoms with van der Waals surface area (Å²) in [6.45, 7) is 3.50. The molecule has 3 nitrogen and oxygen atoms in total. The first kappa shape index (κ1) is 10.8. The second kappa shape index (κ2) is 4.06. The highest BCUT2D eigenvalue weighted by Gasteiger charge is 2.12. The van der Waals surface area contributed by atoms with Gasteiger partial charge in [0.1, 0.15) is 11.0 Å². The van der Waals surface area contributed by atoms with E-state index in [0.717, 1.165) is 0 Å². The van der Waals surface area contributed by atoms with Gasteiger partial charge in [-0.2, -0.15) is 0 Å². The van der Waals surface area contributed by atoms with Crippen molar-refractivity contribution < 1.29 is 9.13 Å². The van der Waals surface area contributed by atoms with Crippen molar-refractivity contribution in [1.29, 1.82) is 0 Å². The topological polar surface area (TPSA) is 35.0 Å². The van der Waals surface area contributed by atoms with E-state index < -0.39 is 5.82 Å². The minimum absolute atomic E-state index is 0.0850. The van der Waals surface area contributed by atoms with Gasteiger partial charge in [-0.3, -0.25) is 0 Å². The number of rotatable bonds is 2. The molecule has 0 aliphatic heterocycles. The van der Waals surface area contributed by atoms with Crippen molar-refractivity contribution in [2.45, 2.75) is 0 Å². The summed E-state index contributed by atoms with van der Waals surface area (Å²) in [6, 6.07) is 1.47. The normalized spacial score (nSPS) is 10.4. The van der Waals surface area contributed by atoms with Gasteiger partial charge in [-0.05, 0) is 6.07 Å². The summed E-state index contributed by atoms with van der Waals surface area (Å²) in [5.41, 5.74) is 0.687. The second-order valence-corrected chi connectivity index (χ2v) is 3.48. The highest BCUT2D eigenvalue weighted by Crippen LogP contribution is 2.27. The summed E-state index contributed by atoms with van der Waals surface area (Å²) in [6.07, 6.45) is 2.77. The van der Waals surface area contributed by atoms with Crippen molar-refractivity contribution in [3.8, 4) is 5.88 Å². The number of benzene rings is 1. The van der Waals surface area contributed by atoms with E-state index >= 15 is 0 Å². The number of methoxy groups -OCH3 is 1. The van der Waals surface area contributed by atoms with Gasteiger partial charge in [0.15, 0.2) is 5.82 Å². The molecule has 0 saturated heterocycles. The molecule has 0 atom stereocenters. The molecule has 0 fully saturated rings. The number of hydrogen-bond donors (Lipinski definition) is 0. The molecule has 0 amide bonds. The Morgan fingerprint density at radius 2 is 2.25 bits per heavy atom. The van der Waals surface area contributed by atoms with Crippen molar-refractivity contribution in [2.24, 2.45) is 0 Å². The Bertz CT molecular complexity index is 571. The van der Waals surface area contributed by atoms with Crippen LogP contribution in [-0.4, -0.2) is 17.1 Å². The maximum absolute atomic E-state index is 13.9. The van der Waals surface area contributed by atoms with E-state index in [4.69, 9.17) is 16.3 Å². The van der Waals surface area contributed by atoms with Crippen LogP contribution in [0.1, 0.15) is 5.56 Å². The van der Waals surface area contributed by atoms with Crippen molar-refractivity contribution in [3.63, 3.8) is 0 Å². The highest BCUT2D eigenvalue weighted by atomic mass is 35.5. The summed E-state index contributed by atoms with van der Waals surface area (Å²) in [5.74, 6) is -0.260. The second-order valence-electron chi connectivity index (χ2n) is 3.08. The molecule has 0 N–H and O–H groups in total.